The first-order chi connectivity index (χ1) is 14.7. The van der Waals surface area contributed by atoms with Crippen LogP contribution in [0.15, 0.2) is 29.3 Å². The molecule has 0 spiro atoms. The summed E-state index contributed by atoms with van der Waals surface area (Å²) in [5, 5.41) is 6.65. The second kappa shape index (κ2) is 12.5. The summed E-state index contributed by atoms with van der Waals surface area (Å²) in [6, 6.07) is 8.48. The molecular weight excluding hydrogens is 380 g/mol. The molecule has 0 saturated carbocycles. The average molecular weight is 417 g/mol. The van der Waals surface area contributed by atoms with Crippen LogP contribution in [-0.2, 0) is 27.4 Å². The minimum atomic E-state index is 0.289. The third-order valence-corrected chi connectivity index (χ3v) is 5.51. The number of carbonyl (C=O) groups is 1. The summed E-state index contributed by atoms with van der Waals surface area (Å²) < 4.78 is 11.4. The smallest absolute Gasteiger partial charge is 0.222 e. The molecule has 0 unspecified atom stereocenters. The van der Waals surface area contributed by atoms with Gasteiger partial charge in [-0.15, -0.1) is 0 Å². The Morgan fingerprint density at radius 3 is 2.67 bits per heavy atom. The highest BCUT2D eigenvalue weighted by atomic mass is 16.5. The molecule has 0 radical (unpaired) electrons. The fourth-order valence-corrected chi connectivity index (χ4v) is 3.73. The number of hydrogen-bond acceptors (Lipinski definition) is 4. The monoisotopic (exact) mass is 416 g/mol. The molecule has 0 aromatic heterocycles. The first-order valence-corrected chi connectivity index (χ1v) is 11.3. The van der Waals surface area contributed by atoms with Crippen molar-refractivity contribution in [3.63, 3.8) is 0 Å². The van der Waals surface area contributed by atoms with E-state index in [0.29, 0.717) is 25.7 Å². The van der Waals surface area contributed by atoms with E-state index >= 15 is 0 Å². The standard InChI is InChI=1S/C23H36N4O3/c1-2-24-23(25-12-4-14-27-13-3-5-22(27)28)26-17-19-6-8-20(9-7-19)18-30-21-10-15-29-16-11-21/h6-9,21H,2-5,10-18H2,1H3,(H2,24,25,26). The molecule has 2 aliphatic heterocycles. The van der Waals surface area contributed by atoms with Crippen LogP contribution in [0, 0.1) is 0 Å². The van der Waals surface area contributed by atoms with Gasteiger partial charge in [-0.1, -0.05) is 24.3 Å². The van der Waals surface area contributed by atoms with E-state index in [9.17, 15) is 4.79 Å². The molecule has 3 rings (SSSR count). The fourth-order valence-electron chi connectivity index (χ4n) is 3.73. The molecule has 1 aromatic carbocycles. The van der Waals surface area contributed by atoms with Gasteiger partial charge in [0.25, 0.3) is 0 Å². The van der Waals surface area contributed by atoms with Crippen molar-refractivity contribution in [1.82, 2.24) is 15.5 Å². The van der Waals surface area contributed by atoms with E-state index in [1.165, 1.54) is 11.1 Å². The third kappa shape index (κ3) is 7.61. The molecule has 2 aliphatic rings. The number of ether oxygens (including phenoxy) is 2. The molecule has 30 heavy (non-hydrogen) atoms. The number of amides is 1. The Hall–Kier alpha value is -2.12. The molecule has 2 fully saturated rings. The van der Waals surface area contributed by atoms with Crippen LogP contribution in [0.4, 0.5) is 0 Å². The Kier molecular flexibility index (Phi) is 9.44. The molecule has 2 N–H and O–H groups in total. The number of hydrogen-bond donors (Lipinski definition) is 2. The predicted octanol–water partition coefficient (Wildman–Crippen LogP) is 2.45. The van der Waals surface area contributed by atoms with Crippen LogP contribution in [0.2, 0.25) is 0 Å². The largest absolute Gasteiger partial charge is 0.381 e. The van der Waals surface area contributed by atoms with Crippen LogP contribution in [-0.4, -0.2) is 62.3 Å². The van der Waals surface area contributed by atoms with Gasteiger partial charge in [-0.3, -0.25) is 4.79 Å². The molecule has 0 atom stereocenters. The summed E-state index contributed by atoms with van der Waals surface area (Å²) in [7, 11) is 0. The van der Waals surface area contributed by atoms with Crippen molar-refractivity contribution in [3.05, 3.63) is 35.4 Å². The average Bonchev–Trinajstić information content (AvgIpc) is 3.19. The maximum atomic E-state index is 11.7. The van der Waals surface area contributed by atoms with Crippen LogP contribution in [0.3, 0.4) is 0 Å². The number of carbonyl (C=O) groups excluding carboxylic acids is 1. The zero-order chi connectivity index (χ0) is 21.0. The molecule has 0 aliphatic carbocycles. The summed E-state index contributed by atoms with van der Waals surface area (Å²) in [5.41, 5.74) is 2.36. The van der Waals surface area contributed by atoms with Crippen molar-refractivity contribution in [2.24, 2.45) is 4.99 Å². The lowest BCUT2D eigenvalue weighted by Crippen LogP contribution is -2.39. The Balaban J connectivity index is 1.39. The SMILES string of the molecule is CCNC(=NCc1ccc(COC2CCOCC2)cc1)NCCCN1CCCC1=O. The van der Waals surface area contributed by atoms with Crippen molar-refractivity contribution < 1.29 is 14.3 Å². The first-order valence-electron chi connectivity index (χ1n) is 11.3. The van der Waals surface area contributed by atoms with Gasteiger partial charge >= 0.3 is 0 Å². The number of rotatable bonds is 10. The maximum absolute atomic E-state index is 11.7. The lowest BCUT2D eigenvalue weighted by molar-refractivity contribution is -0.127. The lowest BCUT2D eigenvalue weighted by atomic mass is 10.1. The summed E-state index contributed by atoms with van der Waals surface area (Å²) in [6.45, 7) is 8.30. The Morgan fingerprint density at radius 1 is 1.20 bits per heavy atom. The molecule has 0 bridgehead atoms. The van der Waals surface area contributed by atoms with E-state index in [2.05, 4.69) is 46.8 Å². The van der Waals surface area contributed by atoms with Crippen LogP contribution in [0.25, 0.3) is 0 Å². The van der Waals surface area contributed by atoms with Gasteiger partial charge in [0.15, 0.2) is 5.96 Å². The molecule has 1 aromatic rings. The molecule has 2 heterocycles. The first kappa shape index (κ1) is 22.6. The number of likely N-dealkylation sites (tertiary alicyclic amines) is 1. The van der Waals surface area contributed by atoms with Crippen LogP contribution < -0.4 is 10.6 Å². The molecule has 7 heteroatoms. The quantitative estimate of drug-likeness (QED) is 0.348. The fraction of sp³-hybridized carbons (Fsp3) is 0.652. The Bertz CT molecular complexity index is 672. The number of guanidine groups is 1. The van der Waals surface area contributed by atoms with Crippen molar-refractivity contribution in [3.8, 4) is 0 Å². The summed E-state index contributed by atoms with van der Waals surface area (Å²) in [5.74, 6) is 1.11. The van der Waals surface area contributed by atoms with E-state index in [4.69, 9.17) is 9.47 Å². The van der Waals surface area contributed by atoms with Crippen LogP contribution in [0.5, 0.6) is 0 Å². The van der Waals surface area contributed by atoms with Gasteiger partial charge in [-0.25, -0.2) is 4.99 Å². The zero-order valence-electron chi connectivity index (χ0n) is 18.2. The highest BCUT2D eigenvalue weighted by Gasteiger charge is 2.19. The summed E-state index contributed by atoms with van der Waals surface area (Å²) in [4.78, 5) is 18.3. The van der Waals surface area contributed by atoms with Crippen LogP contribution in [0.1, 0.15) is 50.2 Å². The van der Waals surface area contributed by atoms with Crippen molar-refractivity contribution in [1.29, 1.82) is 0 Å². The maximum Gasteiger partial charge on any atom is 0.222 e. The lowest BCUT2D eigenvalue weighted by Gasteiger charge is -2.22. The number of nitrogens with one attached hydrogen (secondary N) is 2. The van der Waals surface area contributed by atoms with E-state index in [1.807, 2.05) is 4.90 Å². The molecule has 166 valence electrons. The number of aliphatic imine (C=N–C) groups is 1. The summed E-state index contributed by atoms with van der Waals surface area (Å²) in [6.07, 6.45) is 4.93. The van der Waals surface area contributed by atoms with Gasteiger partial charge in [0.05, 0.1) is 19.3 Å². The zero-order valence-corrected chi connectivity index (χ0v) is 18.2. The number of nitrogens with zero attached hydrogens (tertiary/aromatic N) is 2. The van der Waals surface area contributed by atoms with E-state index < -0.39 is 0 Å². The predicted molar refractivity (Wildman–Crippen MR) is 118 cm³/mol. The van der Waals surface area contributed by atoms with Crippen molar-refractivity contribution in [2.45, 2.75) is 58.3 Å². The van der Waals surface area contributed by atoms with Crippen molar-refractivity contribution in [2.75, 3.05) is 39.4 Å². The topological polar surface area (TPSA) is 75.2 Å². The second-order valence-electron chi connectivity index (χ2n) is 7.90. The molecule has 1 amide bonds. The second-order valence-corrected chi connectivity index (χ2v) is 7.90. The van der Waals surface area contributed by atoms with Crippen molar-refractivity contribution >= 4 is 11.9 Å². The summed E-state index contributed by atoms with van der Waals surface area (Å²) >= 11 is 0. The normalized spacial score (nSPS) is 18.1. The van der Waals surface area contributed by atoms with E-state index in [1.54, 1.807) is 0 Å². The third-order valence-electron chi connectivity index (χ3n) is 5.51. The van der Waals surface area contributed by atoms with Gasteiger partial charge in [0, 0.05) is 45.8 Å². The van der Waals surface area contributed by atoms with Gasteiger partial charge in [-0.05, 0) is 43.7 Å². The highest BCUT2D eigenvalue weighted by Crippen LogP contribution is 2.14. The minimum absolute atomic E-state index is 0.289. The Labute approximate surface area is 180 Å². The highest BCUT2D eigenvalue weighted by molar-refractivity contribution is 5.79. The molecular formula is C23H36N4O3. The van der Waals surface area contributed by atoms with Gasteiger partial charge < -0.3 is 25.0 Å². The van der Waals surface area contributed by atoms with E-state index in [-0.39, 0.29) is 5.91 Å². The van der Waals surface area contributed by atoms with E-state index in [0.717, 1.165) is 71.0 Å². The minimum Gasteiger partial charge on any atom is -0.381 e. The number of benzene rings is 1. The van der Waals surface area contributed by atoms with Crippen LogP contribution >= 0.6 is 0 Å². The van der Waals surface area contributed by atoms with Gasteiger partial charge in [0.1, 0.15) is 0 Å². The van der Waals surface area contributed by atoms with Gasteiger partial charge in [-0.2, -0.15) is 0 Å². The van der Waals surface area contributed by atoms with Gasteiger partial charge in [0.2, 0.25) is 5.91 Å². The molecule has 2 saturated heterocycles. The molecule has 7 nitrogen and oxygen atoms in total. The Morgan fingerprint density at radius 2 is 1.97 bits per heavy atom.